The molecule has 1 amide bonds. The smallest absolute Gasteiger partial charge is 0.239 e. The van der Waals surface area contributed by atoms with E-state index in [0.29, 0.717) is 0 Å². The van der Waals surface area contributed by atoms with Crippen LogP contribution in [0.15, 0.2) is 30.3 Å². The number of piperazine rings is 1. The topological polar surface area (TPSA) is 49.6 Å². The van der Waals surface area contributed by atoms with Crippen LogP contribution in [0.5, 0.6) is 0 Å². The molecule has 18 heavy (non-hydrogen) atoms. The molecular weight excluding hydrogens is 226 g/mol. The van der Waals surface area contributed by atoms with E-state index >= 15 is 0 Å². The van der Waals surface area contributed by atoms with Crippen molar-refractivity contribution >= 4 is 5.91 Å². The van der Waals surface area contributed by atoms with Crippen LogP contribution in [0.2, 0.25) is 0 Å². The fourth-order valence-corrected chi connectivity index (χ4v) is 2.41. The molecule has 1 aromatic rings. The summed E-state index contributed by atoms with van der Waals surface area (Å²) in [4.78, 5) is 16.3. The molecule has 2 atom stereocenters. The summed E-state index contributed by atoms with van der Waals surface area (Å²) in [6.07, 6.45) is 0. The first kappa shape index (κ1) is 13.1. The number of carbonyl (C=O) groups excluding carboxylic acids is 1. The molecule has 1 aliphatic rings. The lowest BCUT2D eigenvalue weighted by molar-refractivity contribution is -0.137. The highest BCUT2D eigenvalue weighted by atomic mass is 16.2. The third-order valence-electron chi connectivity index (χ3n) is 3.44. The van der Waals surface area contributed by atoms with Gasteiger partial charge in [0.25, 0.3) is 0 Å². The second kappa shape index (κ2) is 5.50. The zero-order valence-electron chi connectivity index (χ0n) is 11.0. The maximum Gasteiger partial charge on any atom is 0.239 e. The summed E-state index contributed by atoms with van der Waals surface area (Å²) in [6.45, 7) is 4.27. The van der Waals surface area contributed by atoms with E-state index in [0.717, 1.165) is 19.6 Å². The summed E-state index contributed by atoms with van der Waals surface area (Å²) >= 11 is 0. The number of carbonyl (C=O) groups is 1. The summed E-state index contributed by atoms with van der Waals surface area (Å²) in [7, 11) is 2.09. The Kier molecular flexibility index (Phi) is 3.99. The second-order valence-electron chi connectivity index (χ2n) is 5.01. The molecule has 2 N–H and O–H groups in total. The highest BCUT2D eigenvalue weighted by Crippen LogP contribution is 2.25. The number of rotatable bonds is 2. The van der Waals surface area contributed by atoms with Crippen molar-refractivity contribution in [2.24, 2.45) is 5.73 Å². The summed E-state index contributed by atoms with van der Waals surface area (Å²) in [5.74, 6) is 0.0388. The number of amides is 1. The minimum atomic E-state index is -0.431. The van der Waals surface area contributed by atoms with E-state index in [-0.39, 0.29) is 11.9 Å². The van der Waals surface area contributed by atoms with Crippen molar-refractivity contribution in [3.05, 3.63) is 35.9 Å². The average Bonchev–Trinajstić information content (AvgIpc) is 2.39. The molecule has 0 saturated carbocycles. The van der Waals surface area contributed by atoms with Gasteiger partial charge >= 0.3 is 0 Å². The molecule has 1 unspecified atom stereocenters. The number of nitrogens with zero attached hydrogens (tertiary/aromatic N) is 2. The molecule has 0 radical (unpaired) electrons. The summed E-state index contributed by atoms with van der Waals surface area (Å²) < 4.78 is 0. The number of likely N-dealkylation sites (N-methyl/N-ethyl adjacent to an activating group) is 1. The highest BCUT2D eigenvalue weighted by Gasteiger charge is 2.31. The third kappa shape index (κ3) is 2.71. The van der Waals surface area contributed by atoms with Crippen LogP contribution in [0.25, 0.3) is 0 Å². The van der Waals surface area contributed by atoms with E-state index in [9.17, 15) is 4.79 Å². The first-order valence-electron chi connectivity index (χ1n) is 6.39. The molecule has 0 aromatic heterocycles. The predicted octanol–water partition coefficient (Wildman–Crippen LogP) is 0.849. The van der Waals surface area contributed by atoms with Crippen molar-refractivity contribution in [1.29, 1.82) is 0 Å². The van der Waals surface area contributed by atoms with Gasteiger partial charge in [0.05, 0.1) is 12.1 Å². The van der Waals surface area contributed by atoms with Gasteiger partial charge in [-0.2, -0.15) is 0 Å². The molecule has 0 bridgehead atoms. The van der Waals surface area contributed by atoms with Gasteiger partial charge in [-0.05, 0) is 19.5 Å². The van der Waals surface area contributed by atoms with Crippen LogP contribution in [-0.4, -0.2) is 48.4 Å². The van der Waals surface area contributed by atoms with Gasteiger partial charge in [-0.1, -0.05) is 30.3 Å². The van der Waals surface area contributed by atoms with Crippen molar-refractivity contribution in [2.75, 3.05) is 26.7 Å². The number of hydrogen-bond donors (Lipinski definition) is 1. The Morgan fingerprint density at radius 3 is 2.61 bits per heavy atom. The molecule has 0 spiro atoms. The van der Waals surface area contributed by atoms with Crippen molar-refractivity contribution in [2.45, 2.75) is 19.0 Å². The van der Waals surface area contributed by atoms with Crippen LogP contribution in [0.1, 0.15) is 18.5 Å². The van der Waals surface area contributed by atoms with Gasteiger partial charge in [0.2, 0.25) is 5.91 Å². The molecule has 2 rings (SSSR count). The third-order valence-corrected chi connectivity index (χ3v) is 3.44. The number of benzene rings is 1. The number of nitrogens with two attached hydrogens (primary N) is 1. The minimum absolute atomic E-state index is 0.0388. The van der Waals surface area contributed by atoms with Crippen molar-refractivity contribution in [3.63, 3.8) is 0 Å². The largest absolute Gasteiger partial charge is 0.332 e. The Morgan fingerprint density at radius 2 is 2.00 bits per heavy atom. The quantitative estimate of drug-likeness (QED) is 0.843. The van der Waals surface area contributed by atoms with Gasteiger partial charge < -0.3 is 15.5 Å². The summed E-state index contributed by atoms with van der Waals surface area (Å²) in [5.41, 5.74) is 6.92. The lowest BCUT2D eigenvalue weighted by atomic mass is 10.0. The Balaban J connectivity index is 2.24. The lowest BCUT2D eigenvalue weighted by Crippen LogP contribution is -2.53. The van der Waals surface area contributed by atoms with Crippen LogP contribution in [0.3, 0.4) is 0 Å². The van der Waals surface area contributed by atoms with Crippen molar-refractivity contribution in [1.82, 2.24) is 9.80 Å². The average molecular weight is 247 g/mol. The molecule has 1 aromatic carbocycles. The Bertz CT molecular complexity index is 405. The van der Waals surface area contributed by atoms with Gasteiger partial charge in [-0.15, -0.1) is 0 Å². The standard InChI is InChI=1S/C14H21N3O/c1-11(15)14(18)17-9-8-16(2)10-13(17)12-6-4-3-5-7-12/h3-7,11,13H,8-10,15H2,1-2H3/t11-,13?/m0/s1. The first-order chi connectivity index (χ1) is 8.59. The monoisotopic (exact) mass is 247 g/mol. The Labute approximate surface area is 108 Å². The zero-order chi connectivity index (χ0) is 13.1. The molecular formula is C14H21N3O. The molecule has 4 nitrogen and oxygen atoms in total. The van der Waals surface area contributed by atoms with Gasteiger partial charge in [0, 0.05) is 19.6 Å². The van der Waals surface area contributed by atoms with Gasteiger partial charge in [-0.25, -0.2) is 0 Å². The second-order valence-corrected chi connectivity index (χ2v) is 5.01. The molecule has 1 aliphatic heterocycles. The molecule has 4 heteroatoms. The lowest BCUT2D eigenvalue weighted by Gasteiger charge is -2.41. The highest BCUT2D eigenvalue weighted by molar-refractivity contribution is 5.81. The van der Waals surface area contributed by atoms with Crippen LogP contribution in [0.4, 0.5) is 0 Å². The molecule has 1 heterocycles. The van der Waals surface area contributed by atoms with Crippen molar-refractivity contribution < 1.29 is 4.79 Å². The molecule has 1 saturated heterocycles. The summed E-state index contributed by atoms with van der Waals surface area (Å²) in [5, 5.41) is 0. The van der Waals surface area contributed by atoms with Gasteiger partial charge in [0.15, 0.2) is 0 Å². The van der Waals surface area contributed by atoms with Crippen LogP contribution in [0, 0.1) is 0 Å². The van der Waals surface area contributed by atoms with Crippen LogP contribution >= 0.6 is 0 Å². The Hall–Kier alpha value is -1.39. The maximum atomic E-state index is 12.2. The normalized spacial score (nSPS) is 22.8. The minimum Gasteiger partial charge on any atom is -0.332 e. The van der Waals surface area contributed by atoms with E-state index in [1.54, 1.807) is 6.92 Å². The number of hydrogen-bond acceptors (Lipinski definition) is 3. The van der Waals surface area contributed by atoms with Gasteiger partial charge in [0.1, 0.15) is 0 Å². The fraction of sp³-hybridized carbons (Fsp3) is 0.500. The predicted molar refractivity (Wildman–Crippen MR) is 72.0 cm³/mol. The fourth-order valence-electron chi connectivity index (χ4n) is 2.41. The van der Waals surface area contributed by atoms with E-state index < -0.39 is 6.04 Å². The van der Waals surface area contributed by atoms with Gasteiger partial charge in [-0.3, -0.25) is 4.79 Å². The molecule has 0 aliphatic carbocycles. The van der Waals surface area contributed by atoms with Crippen LogP contribution < -0.4 is 5.73 Å². The van der Waals surface area contributed by atoms with E-state index in [1.165, 1.54) is 5.56 Å². The molecule has 1 fully saturated rings. The van der Waals surface area contributed by atoms with Crippen molar-refractivity contribution in [3.8, 4) is 0 Å². The van der Waals surface area contributed by atoms with E-state index in [1.807, 2.05) is 23.1 Å². The summed E-state index contributed by atoms with van der Waals surface area (Å²) in [6, 6.07) is 9.85. The zero-order valence-corrected chi connectivity index (χ0v) is 11.0. The SMILES string of the molecule is C[C@H](N)C(=O)N1CCN(C)CC1c1ccccc1. The maximum absolute atomic E-state index is 12.2. The Morgan fingerprint density at radius 1 is 1.33 bits per heavy atom. The van der Waals surface area contributed by atoms with Crippen LogP contribution in [-0.2, 0) is 4.79 Å². The van der Waals surface area contributed by atoms with E-state index in [2.05, 4.69) is 24.1 Å². The van der Waals surface area contributed by atoms with E-state index in [4.69, 9.17) is 5.73 Å². The first-order valence-corrected chi connectivity index (χ1v) is 6.39. The molecule has 98 valence electrons.